The molecule has 1 aliphatic carbocycles. The number of rotatable bonds is 5. The highest BCUT2D eigenvalue weighted by atomic mass is 35.5. The number of aliphatic hydroxyl groups is 1. The molecule has 0 atom stereocenters. The molecule has 1 saturated carbocycles. The second-order valence-electron chi connectivity index (χ2n) is 8.03. The van der Waals surface area contributed by atoms with Gasteiger partial charge in [0.1, 0.15) is 10.8 Å². The van der Waals surface area contributed by atoms with Crippen molar-refractivity contribution in [2.75, 3.05) is 18.0 Å². The van der Waals surface area contributed by atoms with Crippen LogP contribution in [0.2, 0.25) is 10.2 Å². The zero-order valence-electron chi connectivity index (χ0n) is 16.4. The molecule has 7 heteroatoms. The van der Waals surface area contributed by atoms with Crippen molar-refractivity contribution in [3.05, 3.63) is 33.8 Å². The lowest BCUT2D eigenvalue weighted by Crippen LogP contribution is -2.42. The van der Waals surface area contributed by atoms with Crippen molar-refractivity contribution >= 4 is 29.0 Å². The van der Waals surface area contributed by atoms with Gasteiger partial charge < -0.3 is 10.0 Å². The maximum atomic E-state index is 9.98. The van der Waals surface area contributed by atoms with E-state index in [9.17, 15) is 5.11 Å². The Kier molecular flexibility index (Phi) is 5.51. The Hall–Kier alpha value is -1.43. The Balaban J connectivity index is 1.64. The van der Waals surface area contributed by atoms with E-state index >= 15 is 0 Å². The highest BCUT2D eigenvalue weighted by Gasteiger charge is 2.45. The Morgan fingerprint density at radius 3 is 2.54 bits per heavy atom. The molecule has 0 amide bonds. The van der Waals surface area contributed by atoms with Crippen LogP contribution in [0, 0.1) is 18.3 Å². The van der Waals surface area contributed by atoms with Gasteiger partial charge in [0.15, 0.2) is 5.82 Å². The minimum absolute atomic E-state index is 0.163. The molecule has 0 bridgehead atoms. The van der Waals surface area contributed by atoms with E-state index < -0.39 is 0 Å². The van der Waals surface area contributed by atoms with Gasteiger partial charge in [-0.3, -0.25) is 0 Å². The van der Waals surface area contributed by atoms with E-state index in [2.05, 4.69) is 16.8 Å². The minimum atomic E-state index is -0.163. The van der Waals surface area contributed by atoms with Crippen molar-refractivity contribution in [3.63, 3.8) is 0 Å². The number of hydrogen-bond acceptors (Lipinski definition) is 5. The Morgan fingerprint density at radius 2 is 1.93 bits per heavy atom. The first-order valence-electron chi connectivity index (χ1n) is 10.0. The maximum Gasteiger partial charge on any atom is 0.153 e. The summed E-state index contributed by atoms with van der Waals surface area (Å²) in [6.45, 7) is 6.01. The monoisotopic (exact) mass is 420 g/mol. The molecule has 1 aliphatic heterocycles. The fraction of sp³-hybridized carbons (Fsp3) is 0.571. The largest absolute Gasteiger partial charge is 0.390 e. The predicted octanol–water partition coefficient (Wildman–Crippen LogP) is 5.05. The molecular weight excluding hydrogens is 395 g/mol. The zero-order valence-corrected chi connectivity index (χ0v) is 17.9. The number of nitrogens with zero attached hydrogens (tertiary/aromatic N) is 4. The first kappa shape index (κ1) is 19.9. The summed E-state index contributed by atoms with van der Waals surface area (Å²) in [7, 11) is 0. The molecule has 3 heterocycles. The van der Waals surface area contributed by atoms with E-state index in [4.69, 9.17) is 33.2 Å². The van der Waals surface area contributed by atoms with Crippen molar-refractivity contribution in [1.29, 1.82) is 0 Å². The second-order valence-corrected chi connectivity index (χ2v) is 8.76. The first-order valence-corrected chi connectivity index (χ1v) is 10.8. The number of aryl methyl sites for hydroxylation is 1. The third kappa shape index (κ3) is 3.49. The van der Waals surface area contributed by atoms with Crippen LogP contribution in [0.25, 0.3) is 11.3 Å². The van der Waals surface area contributed by atoms with Crippen LogP contribution in [0.5, 0.6) is 0 Å². The number of anilines is 1. The van der Waals surface area contributed by atoms with Crippen molar-refractivity contribution < 1.29 is 5.11 Å². The molecule has 2 aromatic rings. The summed E-state index contributed by atoms with van der Waals surface area (Å²) in [4.78, 5) is 15.8. The van der Waals surface area contributed by atoms with Crippen LogP contribution in [-0.4, -0.2) is 33.1 Å². The molecule has 2 fully saturated rings. The molecule has 28 heavy (non-hydrogen) atoms. The summed E-state index contributed by atoms with van der Waals surface area (Å²) in [5.41, 5.74) is 3.18. The quantitative estimate of drug-likeness (QED) is 0.685. The third-order valence-corrected chi connectivity index (χ3v) is 7.34. The summed E-state index contributed by atoms with van der Waals surface area (Å²) >= 11 is 12.4. The molecule has 1 saturated heterocycles. The molecule has 150 valence electrons. The molecule has 5 nitrogen and oxygen atoms in total. The molecule has 1 N–H and O–H groups in total. The lowest BCUT2D eigenvalue weighted by molar-refractivity contribution is 0.170. The number of pyridine rings is 1. The normalized spacial score (nSPS) is 19.1. The summed E-state index contributed by atoms with van der Waals surface area (Å²) < 4.78 is 0. The Labute approximate surface area is 176 Å². The number of aromatic nitrogens is 3. The average molecular weight is 421 g/mol. The van der Waals surface area contributed by atoms with Gasteiger partial charge >= 0.3 is 0 Å². The van der Waals surface area contributed by atoms with Crippen molar-refractivity contribution in [2.24, 2.45) is 11.3 Å². The van der Waals surface area contributed by atoms with E-state index in [0.29, 0.717) is 27.4 Å². The van der Waals surface area contributed by atoms with Gasteiger partial charge in [0.2, 0.25) is 0 Å². The highest BCUT2D eigenvalue weighted by molar-refractivity contribution is 6.42. The van der Waals surface area contributed by atoms with E-state index in [1.165, 1.54) is 32.1 Å². The molecule has 0 unspecified atom stereocenters. The lowest BCUT2D eigenvalue weighted by Gasteiger charge is -2.42. The number of aliphatic hydroxyl groups excluding tert-OH is 1. The van der Waals surface area contributed by atoms with E-state index in [-0.39, 0.29) is 11.8 Å². The van der Waals surface area contributed by atoms with Gasteiger partial charge in [-0.05, 0) is 50.0 Å². The molecular formula is C21H26Cl2N4O. The topological polar surface area (TPSA) is 62.1 Å². The SMILES string of the molecule is CCC1(C2CC2)CCN(c2nc(C)c(-c3ccnc(Cl)c3Cl)nc2CO)CC1. The summed E-state index contributed by atoms with van der Waals surface area (Å²) in [5.74, 6) is 1.70. The van der Waals surface area contributed by atoms with Crippen LogP contribution in [0.3, 0.4) is 0 Å². The standard InChI is InChI=1S/C21H26Cl2N4O/c1-3-21(14-4-5-14)7-10-27(11-8-21)20-16(12-28)26-18(13(2)25-20)15-6-9-24-19(23)17(15)22/h6,9,14,28H,3-5,7-8,10-12H2,1-2H3. The first-order chi connectivity index (χ1) is 13.5. The highest BCUT2D eigenvalue weighted by Crippen LogP contribution is 2.53. The maximum absolute atomic E-state index is 9.98. The van der Waals surface area contributed by atoms with Gasteiger partial charge in [0.25, 0.3) is 0 Å². The fourth-order valence-electron chi connectivity index (χ4n) is 4.67. The molecule has 2 aliphatic rings. The third-order valence-electron chi connectivity index (χ3n) is 6.58. The number of piperidine rings is 1. The minimum Gasteiger partial charge on any atom is -0.390 e. The summed E-state index contributed by atoms with van der Waals surface area (Å²) in [6.07, 6.45) is 8.01. The van der Waals surface area contributed by atoms with Crippen molar-refractivity contribution in [3.8, 4) is 11.3 Å². The smallest absolute Gasteiger partial charge is 0.153 e. The average Bonchev–Trinajstić information content (AvgIpc) is 3.56. The second kappa shape index (κ2) is 7.77. The summed E-state index contributed by atoms with van der Waals surface area (Å²) in [6, 6.07) is 1.78. The summed E-state index contributed by atoms with van der Waals surface area (Å²) in [5, 5.41) is 10.6. The van der Waals surface area contributed by atoms with Crippen LogP contribution in [0.15, 0.2) is 12.3 Å². The van der Waals surface area contributed by atoms with Crippen LogP contribution >= 0.6 is 23.2 Å². The van der Waals surface area contributed by atoms with Gasteiger partial charge in [0, 0.05) is 24.8 Å². The number of halogens is 2. The number of hydrogen-bond donors (Lipinski definition) is 1. The van der Waals surface area contributed by atoms with Crippen LogP contribution in [0.4, 0.5) is 5.82 Å². The van der Waals surface area contributed by atoms with Gasteiger partial charge in [-0.1, -0.05) is 36.5 Å². The fourth-order valence-corrected chi connectivity index (χ4v) is 5.03. The van der Waals surface area contributed by atoms with E-state index in [1.807, 2.05) is 6.92 Å². The van der Waals surface area contributed by atoms with E-state index in [0.717, 1.165) is 30.5 Å². The van der Waals surface area contributed by atoms with Crippen LogP contribution in [-0.2, 0) is 6.61 Å². The van der Waals surface area contributed by atoms with Gasteiger partial charge in [-0.25, -0.2) is 15.0 Å². The van der Waals surface area contributed by atoms with Crippen LogP contribution < -0.4 is 4.90 Å². The van der Waals surface area contributed by atoms with Crippen molar-refractivity contribution in [1.82, 2.24) is 15.0 Å². The predicted molar refractivity (Wildman–Crippen MR) is 113 cm³/mol. The van der Waals surface area contributed by atoms with Gasteiger partial charge in [-0.2, -0.15) is 0 Å². The molecule has 2 aromatic heterocycles. The Bertz CT molecular complexity index is 877. The molecule has 0 radical (unpaired) electrons. The van der Waals surface area contributed by atoms with Gasteiger partial charge in [0.05, 0.1) is 23.0 Å². The van der Waals surface area contributed by atoms with Crippen LogP contribution in [0.1, 0.15) is 50.4 Å². The lowest BCUT2D eigenvalue weighted by atomic mass is 9.72. The zero-order chi connectivity index (χ0) is 19.9. The Morgan fingerprint density at radius 1 is 1.21 bits per heavy atom. The van der Waals surface area contributed by atoms with Crippen molar-refractivity contribution in [2.45, 2.75) is 52.6 Å². The van der Waals surface area contributed by atoms with Gasteiger partial charge in [-0.15, -0.1) is 0 Å². The van der Waals surface area contributed by atoms with E-state index in [1.54, 1.807) is 12.3 Å². The molecule has 0 spiro atoms. The molecule has 4 rings (SSSR count). The molecule has 0 aromatic carbocycles.